The highest BCUT2D eigenvalue weighted by Crippen LogP contribution is 2.43. The van der Waals surface area contributed by atoms with Gasteiger partial charge in [-0.2, -0.15) is 0 Å². The van der Waals surface area contributed by atoms with E-state index in [1.807, 2.05) is 0 Å². The fraction of sp³-hybridized carbons (Fsp3) is 0.150. The number of methoxy groups -OCH3 is 1. The van der Waals surface area contributed by atoms with Crippen molar-refractivity contribution in [2.45, 2.75) is 13.0 Å². The normalized spacial score (nSPS) is 18.1. The van der Waals surface area contributed by atoms with Gasteiger partial charge in [-0.05, 0) is 36.8 Å². The van der Waals surface area contributed by atoms with Crippen molar-refractivity contribution in [1.82, 2.24) is 15.2 Å². The minimum atomic E-state index is -0.935. The molecule has 1 fully saturated rings. The molecule has 0 aliphatic carbocycles. The van der Waals surface area contributed by atoms with Gasteiger partial charge in [0.25, 0.3) is 5.78 Å². The number of aliphatic hydroxyl groups excluding tert-OH is 1. The van der Waals surface area contributed by atoms with Gasteiger partial charge in [0.1, 0.15) is 16.5 Å². The number of hydrogen-bond donors (Lipinski definition) is 1. The predicted molar refractivity (Wildman–Crippen MR) is 112 cm³/mol. The summed E-state index contributed by atoms with van der Waals surface area (Å²) in [5, 5.41) is 20.3. The molecule has 2 aromatic heterocycles. The molecule has 1 amide bonds. The molecule has 1 aliphatic heterocycles. The Morgan fingerprint density at radius 3 is 2.70 bits per heavy atom. The van der Waals surface area contributed by atoms with E-state index in [4.69, 9.17) is 16.3 Å². The van der Waals surface area contributed by atoms with Crippen molar-refractivity contribution < 1.29 is 19.4 Å². The molecule has 3 aromatic rings. The minimum absolute atomic E-state index is 0.110. The van der Waals surface area contributed by atoms with Gasteiger partial charge in [0.15, 0.2) is 0 Å². The molecule has 152 valence electrons. The number of carbonyl (C=O) groups excluding carboxylic acids is 2. The van der Waals surface area contributed by atoms with Gasteiger partial charge in [-0.1, -0.05) is 29.0 Å². The van der Waals surface area contributed by atoms with Crippen molar-refractivity contribution in [2.75, 3.05) is 12.0 Å². The van der Waals surface area contributed by atoms with Gasteiger partial charge in [-0.15, -0.1) is 10.2 Å². The summed E-state index contributed by atoms with van der Waals surface area (Å²) in [4.78, 5) is 31.3. The summed E-state index contributed by atoms with van der Waals surface area (Å²) < 4.78 is 5.30. The molecule has 8 nitrogen and oxygen atoms in total. The lowest BCUT2D eigenvalue weighted by molar-refractivity contribution is -0.132. The van der Waals surface area contributed by atoms with Gasteiger partial charge in [0.05, 0.1) is 24.3 Å². The number of hydrogen-bond acceptors (Lipinski definition) is 8. The Morgan fingerprint density at radius 1 is 1.27 bits per heavy atom. The third-order valence-corrected chi connectivity index (χ3v) is 5.66. The van der Waals surface area contributed by atoms with Crippen molar-refractivity contribution >= 4 is 45.5 Å². The van der Waals surface area contributed by atoms with Crippen LogP contribution in [0.3, 0.4) is 0 Å². The number of amides is 1. The van der Waals surface area contributed by atoms with Crippen LogP contribution < -0.4 is 9.64 Å². The molecule has 0 saturated carbocycles. The smallest absolute Gasteiger partial charge is 0.301 e. The molecular formula is C20H15ClN4O4S. The van der Waals surface area contributed by atoms with E-state index >= 15 is 0 Å². The first-order valence-electron chi connectivity index (χ1n) is 8.77. The third-order valence-electron chi connectivity index (χ3n) is 4.58. The minimum Gasteiger partial charge on any atom is -0.507 e. The highest BCUT2D eigenvalue weighted by molar-refractivity contribution is 7.15. The largest absolute Gasteiger partial charge is 0.507 e. The van der Waals surface area contributed by atoms with Crippen LogP contribution >= 0.6 is 22.9 Å². The highest BCUT2D eigenvalue weighted by Gasteiger charge is 2.48. The highest BCUT2D eigenvalue weighted by atomic mass is 35.5. The van der Waals surface area contributed by atoms with Crippen molar-refractivity contribution in [3.05, 3.63) is 69.5 Å². The average molecular weight is 443 g/mol. The third kappa shape index (κ3) is 3.31. The quantitative estimate of drug-likeness (QED) is 0.374. The Kier molecular flexibility index (Phi) is 5.23. The topological polar surface area (TPSA) is 106 Å². The predicted octanol–water partition coefficient (Wildman–Crippen LogP) is 3.53. The van der Waals surface area contributed by atoms with Gasteiger partial charge in [0.2, 0.25) is 5.13 Å². The number of nitrogens with zero attached hydrogens (tertiary/aromatic N) is 4. The van der Waals surface area contributed by atoms with E-state index in [-0.39, 0.29) is 16.3 Å². The molecule has 0 unspecified atom stereocenters. The zero-order valence-electron chi connectivity index (χ0n) is 15.9. The van der Waals surface area contributed by atoms with Gasteiger partial charge in [-0.3, -0.25) is 19.5 Å². The van der Waals surface area contributed by atoms with Gasteiger partial charge in [0, 0.05) is 17.4 Å². The van der Waals surface area contributed by atoms with Crippen molar-refractivity contribution in [1.29, 1.82) is 0 Å². The molecule has 1 saturated heterocycles. The summed E-state index contributed by atoms with van der Waals surface area (Å²) in [6, 6.07) is 7.10. The van der Waals surface area contributed by atoms with Gasteiger partial charge >= 0.3 is 5.91 Å². The van der Waals surface area contributed by atoms with Gasteiger partial charge in [-0.25, -0.2) is 0 Å². The molecule has 1 N–H and O–H groups in total. The monoisotopic (exact) mass is 442 g/mol. The number of ketones is 1. The number of ether oxygens (including phenoxy) is 1. The summed E-state index contributed by atoms with van der Waals surface area (Å²) in [6.45, 7) is 1.74. The fourth-order valence-electron chi connectivity index (χ4n) is 3.28. The van der Waals surface area contributed by atoms with E-state index in [1.54, 1.807) is 37.4 Å². The zero-order chi connectivity index (χ0) is 21.4. The van der Waals surface area contributed by atoms with Crippen LogP contribution in [0.25, 0.3) is 5.76 Å². The second-order valence-corrected chi connectivity index (χ2v) is 8.00. The van der Waals surface area contributed by atoms with E-state index in [9.17, 15) is 14.7 Å². The molecule has 1 aliphatic rings. The number of benzene rings is 1. The maximum Gasteiger partial charge on any atom is 0.301 e. The molecule has 3 heterocycles. The van der Waals surface area contributed by atoms with E-state index in [1.165, 1.54) is 35.6 Å². The first kappa shape index (κ1) is 20.0. The molecule has 0 spiro atoms. The summed E-state index contributed by atoms with van der Waals surface area (Å²) in [5.41, 5.74) is 0.624. The van der Waals surface area contributed by atoms with Crippen LogP contribution in [0.2, 0.25) is 5.02 Å². The number of aliphatic hydroxyl groups is 1. The Morgan fingerprint density at radius 2 is 2.07 bits per heavy atom. The number of halogens is 1. The Bertz CT molecular complexity index is 1180. The molecule has 30 heavy (non-hydrogen) atoms. The van der Waals surface area contributed by atoms with E-state index < -0.39 is 23.5 Å². The second kappa shape index (κ2) is 7.85. The summed E-state index contributed by atoms with van der Waals surface area (Å²) >= 11 is 7.26. The Hall–Kier alpha value is -3.30. The fourth-order valence-corrected chi connectivity index (χ4v) is 4.16. The lowest BCUT2D eigenvalue weighted by Crippen LogP contribution is -2.29. The Labute approximate surface area is 180 Å². The number of pyridine rings is 1. The lowest BCUT2D eigenvalue weighted by atomic mass is 9.96. The lowest BCUT2D eigenvalue weighted by Gasteiger charge is -2.22. The van der Waals surface area contributed by atoms with E-state index in [0.717, 1.165) is 0 Å². The average Bonchev–Trinajstić information content (AvgIpc) is 3.29. The van der Waals surface area contributed by atoms with Crippen molar-refractivity contribution in [2.24, 2.45) is 0 Å². The summed E-state index contributed by atoms with van der Waals surface area (Å²) in [7, 11) is 1.43. The second-order valence-electron chi connectivity index (χ2n) is 6.40. The van der Waals surface area contributed by atoms with Crippen LogP contribution in [-0.4, -0.2) is 39.1 Å². The van der Waals surface area contributed by atoms with Crippen LogP contribution in [0.15, 0.2) is 48.3 Å². The van der Waals surface area contributed by atoms with Crippen LogP contribution in [0, 0.1) is 6.92 Å². The zero-order valence-corrected chi connectivity index (χ0v) is 17.4. The molecule has 1 aromatic carbocycles. The van der Waals surface area contributed by atoms with Crippen molar-refractivity contribution in [3.8, 4) is 5.75 Å². The Balaban J connectivity index is 1.98. The summed E-state index contributed by atoms with van der Waals surface area (Å²) in [6.07, 6.45) is 3.10. The number of anilines is 1. The van der Waals surface area contributed by atoms with Crippen LogP contribution in [0.1, 0.15) is 22.2 Å². The molecule has 1 atom stereocenters. The molecule has 0 radical (unpaired) electrons. The number of aryl methyl sites for hydroxylation is 1. The number of carbonyl (C=O) groups is 2. The first-order chi connectivity index (χ1) is 14.4. The van der Waals surface area contributed by atoms with Crippen LogP contribution in [0.4, 0.5) is 5.13 Å². The number of Topliss-reactive ketones (excluding diaryl/α,β-unsaturated/α-hetero) is 1. The maximum atomic E-state index is 13.0. The molecule has 10 heteroatoms. The molecular weight excluding hydrogens is 428 g/mol. The molecule has 4 rings (SSSR count). The SMILES string of the molecule is COc1ccc(Cl)cc1/C(O)=C1\C(=O)C(=O)N(c2nnc(C)s2)[C@@H]1c1cccnc1. The van der Waals surface area contributed by atoms with Crippen LogP contribution in [-0.2, 0) is 9.59 Å². The molecule has 0 bridgehead atoms. The van der Waals surface area contributed by atoms with E-state index in [2.05, 4.69) is 15.2 Å². The van der Waals surface area contributed by atoms with E-state index in [0.29, 0.717) is 21.3 Å². The van der Waals surface area contributed by atoms with Crippen molar-refractivity contribution in [3.63, 3.8) is 0 Å². The maximum absolute atomic E-state index is 13.0. The standard InChI is InChI=1S/C20H15ClN4O4S/c1-10-23-24-20(30-10)25-16(11-4-3-7-22-9-11)15(18(27)19(25)28)17(26)13-8-12(21)5-6-14(13)29-2/h3-9,16,26H,1-2H3/b17-15+/t16-/m1/s1. The number of aromatic nitrogens is 3. The first-order valence-corrected chi connectivity index (χ1v) is 9.96. The number of rotatable bonds is 4. The summed E-state index contributed by atoms with van der Waals surface area (Å²) in [5.74, 6) is -1.76. The van der Waals surface area contributed by atoms with Gasteiger partial charge < -0.3 is 9.84 Å². The van der Waals surface area contributed by atoms with Crippen LogP contribution in [0.5, 0.6) is 5.75 Å².